The maximum absolute atomic E-state index is 13.1. The lowest BCUT2D eigenvalue weighted by molar-refractivity contribution is 0.102. The number of nitriles is 1. The fraction of sp³-hybridized carbons (Fsp3) is 0.217. The van der Waals surface area contributed by atoms with Crippen molar-refractivity contribution in [1.82, 2.24) is 14.4 Å². The van der Waals surface area contributed by atoms with Gasteiger partial charge in [-0.2, -0.15) is 10.2 Å². The lowest BCUT2D eigenvalue weighted by atomic mass is 10.2. The van der Waals surface area contributed by atoms with Gasteiger partial charge in [0, 0.05) is 10.7 Å². The van der Waals surface area contributed by atoms with Crippen molar-refractivity contribution in [1.29, 1.82) is 5.26 Å². The van der Waals surface area contributed by atoms with Crippen molar-refractivity contribution in [2.75, 3.05) is 11.9 Å². The zero-order valence-electron chi connectivity index (χ0n) is 16.9. The maximum atomic E-state index is 13.1. The van der Waals surface area contributed by atoms with Gasteiger partial charge in [0.15, 0.2) is 5.82 Å². The van der Waals surface area contributed by atoms with Crippen molar-refractivity contribution >= 4 is 44.5 Å². The standard InChI is InChI=1S/C23H20BrN5O2/c1-2-3-6-11-31-20-10-9-16(24)12-17(20)22(30)27-21-15(13-25)14-29-19-8-5-4-7-18(19)26-23(29)28-21/h4-5,7-10,12,14H,2-3,6,11H2,1H3,(H,26,27,28,30). The van der Waals surface area contributed by atoms with Gasteiger partial charge in [-0.1, -0.05) is 47.8 Å². The number of anilines is 1. The summed E-state index contributed by atoms with van der Waals surface area (Å²) in [6, 6.07) is 14.9. The van der Waals surface area contributed by atoms with Gasteiger partial charge < -0.3 is 10.1 Å². The van der Waals surface area contributed by atoms with Crippen LogP contribution in [0.15, 0.2) is 53.1 Å². The van der Waals surface area contributed by atoms with Gasteiger partial charge in [0.25, 0.3) is 5.91 Å². The number of nitrogens with one attached hydrogen (secondary N) is 1. The Kier molecular flexibility index (Phi) is 6.14. The Bertz CT molecular complexity index is 1310. The van der Waals surface area contributed by atoms with Crippen LogP contribution in [0.2, 0.25) is 0 Å². The number of para-hydroxylation sites is 2. The van der Waals surface area contributed by atoms with E-state index in [1.165, 1.54) is 0 Å². The van der Waals surface area contributed by atoms with E-state index in [9.17, 15) is 10.1 Å². The number of fused-ring (bicyclic) bond motifs is 3. The van der Waals surface area contributed by atoms with Crippen molar-refractivity contribution in [3.63, 3.8) is 0 Å². The Balaban J connectivity index is 1.66. The first-order chi connectivity index (χ1) is 15.1. The molecular formula is C23H20BrN5O2. The van der Waals surface area contributed by atoms with Gasteiger partial charge in [-0.05, 0) is 36.8 Å². The zero-order valence-corrected chi connectivity index (χ0v) is 18.5. The van der Waals surface area contributed by atoms with E-state index >= 15 is 0 Å². The molecule has 0 saturated carbocycles. The molecule has 0 spiro atoms. The minimum absolute atomic E-state index is 0.159. The largest absolute Gasteiger partial charge is 0.493 e. The maximum Gasteiger partial charge on any atom is 0.260 e. The summed E-state index contributed by atoms with van der Waals surface area (Å²) in [4.78, 5) is 22.0. The van der Waals surface area contributed by atoms with Crippen molar-refractivity contribution in [3.8, 4) is 11.8 Å². The fourth-order valence-electron chi connectivity index (χ4n) is 3.28. The third kappa shape index (κ3) is 4.37. The summed E-state index contributed by atoms with van der Waals surface area (Å²) in [6.45, 7) is 2.65. The van der Waals surface area contributed by atoms with Gasteiger partial charge in [-0.25, -0.2) is 4.98 Å². The normalized spacial score (nSPS) is 10.9. The number of carbonyl (C=O) groups is 1. The molecule has 156 valence electrons. The SMILES string of the molecule is CCCCCOc1ccc(Br)cc1C(=O)Nc1nc2nc3ccccc3n2cc1C#N. The topological polar surface area (TPSA) is 92.3 Å². The summed E-state index contributed by atoms with van der Waals surface area (Å²) in [6.07, 6.45) is 4.70. The third-order valence-corrected chi connectivity index (χ3v) is 5.34. The van der Waals surface area contributed by atoms with Gasteiger partial charge >= 0.3 is 0 Å². The highest BCUT2D eigenvalue weighted by Gasteiger charge is 2.18. The van der Waals surface area contributed by atoms with Crippen molar-refractivity contribution < 1.29 is 9.53 Å². The number of rotatable bonds is 7. The summed E-state index contributed by atoms with van der Waals surface area (Å²) in [5.74, 6) is 0.646. The Hall–Kier alpha value is -3.44. The van der Waals surface area contributed by atoms with Gasteiger partial charge in [-0.15, -0.1) is 0 Å². The summed E-state index contributed by atoms with van der Waals surface area (Å²) < 4.78 is 8.33. The molecule has 1 amide bonds. The van der Waals surface area contributed by atoms with Crippen LogP contribution in [-0.2, 0) is 0 Å². The molecule has 0 radical (unpaired) electrons. The monoisotopic (exact) mass is 477 g/mol. The molecule has 0 aliphatic heterocycles. The predicted octanol–water partition coefficient (Wildman–Crippen LogP) is 5.34. The molecule has 4 rings (SSSR count). The highest BCUT2D eigenvalue weighted by molar-refractivity contribution is 9.10. The average molecular weight is 478 g/mol. The second-order valence-corrected chi connectivity index (χ2v) is 7.95. The molecule has 2 heterocycles. The van der Waals surface area contributed by atoms with Crippen molar-refractivity contribution in [2.45, 2.75) is 26.2 Å². The number of aromatic nitrogens is 3. The van der Waals surface area contributed by atoms with Crippen LogP contribution < -0.4 is 10.1 Å². The van der Waals surface area contributed by atoms with E-state index in [0.717, 1.165) is 34.8 Å². The number of amides is 1. The van der Waals surface area contributed by atoms with Crippen LogP contribution >= 0.6 is 15.9 Å². The molecular weight excluding hydrogens is 458 g/mol. The highest BCUT2D eigenvalue weighted by atomic mass is 79.9. The highest BCUT2D eigenvalue weighted by Crippen LogP contribution is 2.26. The van der Waals surface area contributed by atoms with E-state index in [1.54, 1.807) is 22.7 Å². The molecule has 0 saturated heterocycles. The van der Waals surface area contributed by atoms with E-state index < -0.39 is 5.91 Å². The quantitative estimate of drug-likeness (QED) is 0.362. The van der Waals surface area contributed by atoms with E-state index in [0.29, 0.717) is 23.7 Å². The van der Waals surface area contributed by atoms with Gasteiger partial charge in [0.1, 0.15) is 17.4 Å². The molecule has 0 aliphatic rings. The van der Waals surface area contributed by atoms with Crippen LogP contribution in [0.25, 0.3) is 16.8 Å². The van der Waals surface area contributed by atoms with Crippen molar-refractivity contribution in [3.05, 3.63) is 64.3 Å². The Morgan fingerprint density at radius 2 is 2.06 bits per heavy atom. The first-order valence-electron chi connectivity index (χ1n) is 10.0. The number of ether oxygens (including phenoxy) is 1. The van der Waals surface area contributed by atoms with Gasteiger partial charge in [0.2, 0.25) is 5.78 Å². The van der Waals surface area contributed by atoms with Crippen LogP contribution in [0.1, 0.15) is 42.1 Å². The minimum atomic E-state index is -0.406. The smallest absolute Gasteiger partial charge is 0.260 e. The summed E-state index contributed by atoms with van der Waals surface area (Å²) >= 11 is 3.41. The Labute approximate surface area is 187 Å². The fourth-order valence-corrected chi connectivity index (χ4v) is 3.64. The van der Waals surface area contributed by atoms with Crippen LogP contribution in [0.5, 0.6) is 5.75 Å². The molecule has 2 aromatic heterocycles. The molecule has 4 aromatic rings. The number of carbonyl (C=O) groups excluding carboxylic acids is 1. The number of unbranched alkanes of at least 4 members (excludes halogenated alkanes) is 2. The summed E-state index contributed by atoms with van der Waals surface area (Å²) in [5.41, 5.74) is 2.21. The molecule has 0 bridgehead atoms. The number of halogens is 1. The molecule has 8 heteroatoms. The Morgan fingerprint density at radius 3 is 2.87 bits per heavy atom. The number of benzene rings is 2. The molecule has 0 atom stereocenters. The zero-order chi connectivity index (χ0) is 21.8. The lowest BCUT2D eigenvalue weighted by Gasteiger charge is -2.12. The molecule has 31 heavy (non-hydrogen) atoms. The minimum Gasteiger partial charge on any atom is -0.493 e. The number of hydrogen-bond acceptors (Lipinski definition) is 5. The second kappa shape index (κ2) is 9.14. The second-order valence-electron chi connectivity index (χ2n) is 7.04. The molecule has 0 aliphatic carbocycles. The van der Waals surface area contributed by atoms with Gasteiger partial charge in [-0.3, -0.25) is 9.20 Å². The first-order valence-corrected chi connectivity index (χ1v) is 10.8. The lowest BCUT2D eigenvalue weighted by Crippen LogP contribution is -2.16. The van der Waals surface area contributed by atoms with Crippen LogP contribution in [0.4, 0.5) is 5.82 Å². The first kappa shape index (κ1) is 20.8. The molecule has 0 unspecified atom stereocenters. The number of hydrogen-bond donors (Lipinski definition) is 1. The van der Waals surface area contributed by atoms with E-state index in [4.69, 9.17) is 4.74 Å². The molecule has 7 nitrogen and oxygen atoms in total. The average Bonchev–Trinajstić information content (AvgIpc) is 3.14. The molecule has 2 aromatic carbocycles. The summed E-state index contributed by atoms with van der Waals surface area (Å²) in [7, 11) is 0. The van der Waals surface area contributed by atoms with E-state index in [-0.39, 0.29) is 11.4 Å². The number of nitrogens with zero attached hydrogens (tertiary/aromatic N) is 4. The summed E-state index contributed by atoms with van der Waals surface area (Å²) in [5, 5.41) is 12.4. The number of imidazole rings is 1. The third-order valence-electron chi connectivity index (χ3n) is 4.85. The van der Waals surface area contributed by atoms with Crippen LogP contribution in [-0.4, -0.2) is 26.9 Å². The molecule has 0 fully saturated rings. The van der Waals surface area contributed by atoms with E-state index in [2.05, 4.69) is 44.2 Å². The van der Waals surface area contributed by atoms with Crippen LogP contribution in [0, 0.1) is 11.3 Å². The molecule has 1 N–H and O–H groups in total. The van der Waals surface area contributed by atoms with Gasteiger partial charge in [0.05, 0.1) is 23.2 Å². The van der Waals surface area contributed by atoms with E-state index in [1.807, 2.05) is 30.3 Å². The van der Waals surface area contributed by atoms with Crippen LogP contribution in [0.3, 0.4) is 0 Å². The van der Waals surface area contributed by atoms with Crippen molar-refractivity contribution in [2.24, 2.45) is 0 Å². The predicted molar refractivity (Wildman–Crippen MR) is 122 cm³/mol. The Morgan fingerprint density at radius 1 is 1.23 bits per heavy atom.